The van der Waals surface area contributed by atoms with Crippen LogP contribution in [0.3, 0.4) is 0 Å². The SMILES string of the molecule is CC(C)C(=O)OC1CN(C(C)C)C1.CC(C)N1CC(C)(O)C1.CC(C)N1CC(CO)C1.CC(C)N1CC(F)(F)C1.CC(C)N1CC(N)C1.CC(C)N1CC(NC(=O)OC(C)(C)C)C1.CC(C)N1CC(O)C1.CC(C)N1CCC1.COC1CN(C(C)C)C1. The van der Waals surface area contributed by atoms with Crippen molar-refractivity contribution >= 4 is 12.1 Å². The number of esters is 1. The molecule has 9 aliphatic heterocycles. The summed E-state index contributed by atoms with van der Waals surface area (Å²) in [6, 6.07) is 6.12. The number of amides is 1. The van der Waals surface area contributed by atoms with Gasteiger partial charge in [-0.15, -0.1) is 0 Å². The lowest BCUT2D eigenvalue weighted by Crippen LogP contribution is -2.61. The molecule has 19 nitrogen and oxygen atoms in total. The van der Waals surface area contributed by atoms with Crippen LogP contribution in [0.15, 0.2) is 0 Å². The Bertz CT molecular complexity index is 1730. The van der Waals surface area contributed by atoms with Crippen molar-refractivity contribution in [1.82, 2.24) is 49.4 Å². The molecule has 0 radical (unpaired) electrons. The highest BCUT2D eigenvalue weighted by Crippen LogP contribution is 2.28. The van der Waals surface area contributed by atoms with E-state index in [1.54, 1.807) is 12.0 Å². The second kappa shape index (κ2) is 39.6. The molecule has 0 spiro atoms. The number of aliphatic hydroxyl groups excluding tert-OH is 2. The van der Waals surface area contributed by atoms with E-state index in [4.69, 9.17) is 30.2 Å². The molecule has 9 heterocycles. The average molecular weight is 1250 g/mol. The zero-order chi connectivity index (χ0) is 67.1. The highest BCUT2D eigenvalue weighted by Gasteiger charge is 2.44. The van der Waals surface area contributed by atoms with Gasteiger partial charge in [-0.1, -0.05) is 13.8 Å². The van der Waals surface area contributed by atoms with Gasteiger partial charge in [0.15, 0.2) is 0 Å². The molecule has 6 N–H and O–H groups in total. The Hall–Kier alpha value is -1.96. The fourth-order valence-electron chi connectivity index (χ4n) is 9.80. The standard InChI is InChI=1S/C11H22N2O2.C10H19NO2.3C7H15NO.C6H11F2N.C6H14N2.C6H13NO.C6H13N/c1-8(2)13-6-9(7-13)12-10(14)15-11(3,4)5;1-7(2)10(12)13-9-5-11(6-9)8(3)4;1-6(2)8-4-7(5-8)9-3;1-6(2)8-4-7(3,9)5-8;1-6(2)8-3-7(4-8)5-9;1-5(2)9-3-6(7,8)4-9;1-5(2)8-3-6(7)4-8;1-5(2)7-3-6(8)4-7;1-6(2)7-4-3-5-7/h8-9H,6-7H2,1-5H3,(H,12,14);7-9H,5-6H2,1-4H3;6-7H,4-5H2,1-3H3;6,9H,4-5H2,1-3H3;6-7,9H,3-5H2,1-2H3;5H,3-4H2,1-2H3;5-6H,3-4,7H2,1-2H3;5-6,8H,3-4H2,1-2H3;6H,3-5H2,1-2H3. The first kappa shape index (κ1) is 83.1. The third kappa shape index (κ3) is 34.0. The van der Waals surface area contributed by atoms with Crippen LogP contribution < -0.4 is 11.1 Å². The molecule has 0 saturated carbocycles. The van der Waals surface area contributed by atoms with Crippen LogP contribution in [0, 0.1) is 11.8 Å². The van der Waals surface area contributed by atoms with E-state index in [2.05, 4.69) is 155 Å². The Morgan fingerprint density at radius 3 is 1.11 bits per heavy atom. The zero-order valence-electron chi connectivity index (χ0n) is 60.1. The highest BCUT2D eigenvalue weighted by molar-refractivity contribution is 5.71. The molecule has 9 saturated heterocycles. The van der Waals surface area contributed by atoms with E-state index in [0.29, 0.717) is 67.0 Å². The molecule has 0 aromatic heterocycles. The average Bonchev–Trinajstić information content (AvgIpc) is 3.26. The minimum Gasteiger partial charge on any atom is -0.459 e. The number of hydrogen-bond acceptors (Lipinski definition) is 18. The summed E-state index contributed by atoms with van der Waals surface area (Å²) in [5, 5.41) is 29.6. The van der Waals surface area contributed by atoms with Crippen molar-refractivity contribution in [3.05, 3.63) is 0 Å². The van der Waals surface area contributed by atoms with Gasteiger partial charge in [-0.2, -0.15) is 0 Å². The zero-order valence-corrected chi connectivity index (χ0v) is 60.1. The van der Waals surface area contributed by atoms with Crippen LogP contribution in [0.2, 0.25) is 0 Å². The summed E-state index contributed by atoms with van der Waals surface area (Å²) in [6.07, 6.45) is 1.70. The first-order valence-electron chi connectivity index (χ1n) is 33.5. The minimum absolute atomic E-state index is 0.00639. The summed E-state index contributed by atoms with van der Waals surface area (Å²) in [5.41, 5.74) is 4.76. The van der Waals surface area contributed by atoms with E-state index in [-0.39, 0.29) is 55.4 Å². The van der Waals surface area contributed by atoms with Gasteiger partial charge in [0.05, 0.1) is 42.9 Å². The molecule has 9 rings (SSSR count). The molecule has 21 heteroatoms. The smallest absolute Gasteiger partial charge is 0.407 e. The van der Waals surface area contributed by atoms with Crippen molar-refractivity contribution in [2.45, 2.75) is 274 Å². The van der Waals surface area contributed by atoms with Crippen LogP contribution in [-0.4, -0.2) is 305 Å². The quantitative estimate of drug-likeness (QED) is 0.112. The maximum absolute atomic E-state index is 12.1. The number of nitrogens with zero attached hydrogens (tertiary/aromatic N) is 9. The Labute approximate surface area is 531 Å². The molecule has 9 aliphatic rings. The number of aliphatic hydroxyl groups is 3. The highest BCUT2D eigenvalue weighted by atomic mass is 19.3. The van der Waals surface area contributed by atoms with E-state index in [9.17, 15) is 23.5 Å². The third-order valence-electron chi connectivity index (χ3n) is 17.0. The second-order valence-corrected chi connectivity index (χ2v) is 30.0. The lowest BCUT2D eigenvalue weighted by Gasteiger charge is -2.46. The lowest BCUT2D eigenvalue weighted by atomic mass is 9.95. The summed E-state index contributed by atoms with van der Waals surface area (Å²) in [5.74, 6) is -1.92. The Morgan fingerprint density at radius 2 is 0.885 bits per heavy atom. The molecular weight excluding hydrogens is 1110 g/mol. The van der Waals surface area contributed by atoms with Gasteiger partial charge in [0, 0.05) is 172 Å². The Kier molecular flexibility index (Phi) is 37.8. The molecule has 0 atom stereocenters. The third-order valence-corrected chi connectivity index (χ3v) is 17.0. The monoisotopic (exact) mass is 1250 g/mol. The van der Waals surface area contributed by atoms with Crippen LogP contribution in [0.4, 0.5) is 13.6 Å². The molecule has 0 aliphatic carbocycles. The molecule has 9 fully saturated rings. The predicted molar refractivity (Wildman–Crippen MR) is 354 cm³/mol. The predicted octanol–water partition coefficient (Wildman–Crippen LogP) is 6.94. The first-order chi connectivity index (χ1) is 40.0. The second-order valence-electron chi connectivity index (χ2n) is 30.0. The van der Waals surface area contributed by atoms with Crippen LogP contribution in [0.5, 0.6) is 0 Å². The summed E-state index contributed by atoms with van der Waals surface area (Å²) in [6.45, 7) is 66.6. The molecule has 0 bridgehead atoms. The van der Waals surface area contributed by atoms with Gasteiger partial charge >= 0.3 is 12.1 Å². The summed E-state index contributed by atoms with van der Waals surface area (Å²) in [7, 11) is 1.78. The lowest BCUT2D eigenvalue weighted by molar-refractivity contribution is -0.162. The molecule has 0 aromatic carbocycles. The summed E-state index contributed by atoms with van der Waals surface area (Å²) >= 11 is 0. The van der Waals surface area contributed by atoms with Crippen molar-refractivity contribution in [3.8, 4) is 0 Å². The number of rotatable bonds is 14. The van der Waals surface area contributed by atoms with Gasteiger partial charge in [-0.25, -0.2) is 13.6 Å². The van der Waals surface area contributed by atoms with E-state index < -0.39 is 17.1 Å². The Balaban J connectivity index is 0.000000494. The number of alkyl halides is 2. The fraction of sp³-hybridized carbons (Fsp3) is 0.970. The van der Waals surface area contributed by atoms with Gasteiger partial charge in [0.2, 0.25) is 0 Å². The molecule has 0 unspecified atom stereocenters. The number of nitrogens with two attached hydrogens (primary N) is 1. The topological polar surface area (TPSA) is 190 Å². The number of ether oxygens (including phenoxy) is 3. The van der Waals surface area contributed by atoms with E-state index in [1.165, 1.54) is 19.5 Å². The number of hydrogen-bond donors (Lipinski definition) is 5. The fourth-order valence-corrected chi connectivity index (χ4v) is 9.80. The molecule has 87 heavy (non-hydrogen) atoms. The molecule has 0 aromatic rings. The van der Waals surface area contributed by atoms with E-state index in [1.807, 2.05) is 55.4 Å². The maximum Gasteiger partial charge on any atom is 0.407 e. The van der Waals surface area contributed by atoms with Crippen LogP contribution >= 0.6 is 0 Å². The van der Waals surface area contributed by atoms with Gasteiger partial charge in [0.1, 0.15) is 11.7 Å². The molecule has 518 valence electrons. The van der Waals surface area contributed by atoms with Crippen LogP contribution in [-0.2, 0) is 19.0 Å². The number of carbonyl (C=O) groups excluding carboxylic acids is 2. The maximum atomic E-state index is 12.1. The van der Waals surface area contributed by atoms with Crippen LogP contribution in [0.1, 0.15) is 173 Å². The summed E-state index contributed by atoms with van der Waals surface area (Å²) in [4.78, 5) is 43.0. The van der Waals surface area contributed by atoms with Gasteiger partial charge < -0.3 is 50.4 Å². The first-order valence-corrected chi connectivity index (χ1v) is 33.5. The van der Waals surface area contributed by atoms with Crippen molar-refractivity contribution in [1.29, 1.82) is 0 Å². The largest absolute Gasteiger partial charge is 0.459 e. The van der Waals surface area contributed by atoms with Crippen molar-refractivity contribution < 1.29 is 47.9 Å². The van der Waals surface area contributed by atoms with Gasteiger partial charge in [-0.05, 0) is 172 Å². The van der Waals surface area contributed by atoms with Crippen molar-refractivity contribution in [2.24, 2.45) is 17.6 Å². The number of likely N-dealkylation sites (tertiary alicyclic amines) is 9. The van der Waals surface area contributed by atoms with Gasteiger partial charge in [0.25, 0.3) is 5.92 Å². The minimum atomic E-state index is -2.40. The number of halogens is 2. The number of methoxy groups -OCH3 is 1. The number of β-amino-alcohol motifs (C(OH)–C–C–N with tert-alkyl or cyclic N) is 2. The summed E-state index contributed by atoms with van der Waals surface area (Å²) < 4.78 is 39.8. The van der Waals surface area contributed by atoms with Crippen molar-refractivity contribution in [2.75, 3.05) is 132 Å². The van der Waals surface area contributed by atoms with E-state index >= 15 is 0 Å². The normalized spacial score (nSPS) is 22.5. The Morgan fingerprint density at radius 1 is 0.540 bits per heavy atom. The van der Waals surface area contributed by atoms with Crippen LogP contribution in [0.25, 0.3) is 0 Å². The number of alkyl carbamates (subject to hydrolysis) is 1. The number of nitrogens with one attached hydrogen (secondary N) is 1. The number of carbonyl (C=O) groups is 2. The van der Waals surface area contributed by atoms with Gasteiger partial charge in [-0.3, -0.25) is 39.1 Å². The van der Waals surface area contributed by atoms with Crippen molar-refractivity contribution in [3.63, 3.8) is 0 Å². The molecule has 1 amide bonds. The van der Waals surface area contributed by atoms with E-state index in [0.717, 1.165) is 97.7 Å². The molecular formula is C66H137F2N11O8.